The third-order valence-corrected chi connectivity index (χ3v) is 5.24. The van der Waals surface area contributed by atoms with Crippen LogP contribution in [0, 0.1) is 5.41 Å². The summed E-state index contributed by atoms with van der Waals surface area (Å²) in [5, 5.41) is 6.75. The first kappa shape index (κ1) is 22.1. The molecule has 1 aromatic carbocycles. The number of H-pyrrole nitrogens is 1. The molecule has 1 aromatic heterocycles. The highest BCUT2D eigenvalue weighted by atomic mass is 35.5. The molecule has 8 nitrogen and oxygen atoms in total. The summed E-state index contributed by atoms with van der Waals surface area (Å²) in [4.78, 5) is 38.7. The molecular weight excluding hydrogens is 384 g/mol. The van der Waals surface area contributed by atoms with Crippen molar-refractivity contribution >= 4 is 29.2 Å². The fourth-order valence-corrected chi connectivity index (χ4v) is 3.69. The number of carbonyl (C=O) groups excluding carboxylic acids is 1. The van der Waals surface area contributed by atoms with Gasteiger partial charge in [-0.1, -0.05) is 12.1 Å². The van der Waals surface area contributed by atoms with Crippen LogP contribution in [0.2, 0.25) is 0 Å². The number of aromatic nitrogens is 2. The largest absolute Gasteiger partial charge is 0.384 e. The van der Waals surface area contributed by atoms with Crippen LogP contribution in [0.15, 0.2) is 33.9 Å². The number of ether oxygens (including phenoxy) is 1. The van der Waals surface area contributed by atoms with Gasteiger partial charge in [-0.05, 0) is 38.1 Å². The van der Waals surface area contributed by atoms with E-state index in [1.807, 2.05) is 0 Å². The number of hydrogen-bond donors (Lipinski definition) is 3. The molecule has 0 spiro atoms. The number of aryl methyl sites for hydroxylation is 1. The van der Waals surface area contributed by atoms with Gasteiger partial charge in [0.1, 0.15) is 0 Å². The Balaban J connectivity index is 0.00000280. The molecule has 1 amide bonds. The molecule has 9 heteroatoms. The van der Waals surface area contributed by atoms with Crippen molar-refractivity contribution in [3.05, 3.63) is 45.1 Å². The van der Waals surface area contributed by atoms with E-state index in [1.54, 1.807) is 31.4 Å². The van der Waals surface area contributed by atoms with Crippen LogP contribution >= 0.6 is 12.4 Å². The van der Waals surface area contributed by atoms with E-state index in [0.717, 1.165) is 25.9 Å². The zero-order chi connectivity index (χ0) is 19.3. The Bertz CT molecular complexity index is 913. The Morgan fingerprint density at radius 2 is 1.96 bits per heavy atom. The molecule has 3 N–H and O–H groups in total. The van der Waals surface area contributed by atoms with Crippen LogP contribution < -0.4 is 21.9 Å². The van der Waals surface area contributed by atoms with Gasteiger partial charge < -0.3 is 15.4 Å². The van der Waals surface area contributed by atoms with E-state index in [2.05, 4.69) is 15.6 Å². The van der Waals surface area contributed by atoms with Gasteiger partial charge >= 0.3 is 5.69 Å². The summed E-state index contributed by atoms with van der Waals surface area (Å²) >= 11 is 0. The van der Waals surface area contributed by atoms with E-state index >= 15 is 0 Å². The lowest BCUT2D eigenvalue weighted by atomic mass is 9.79. The van der Waals surface area contributed by atoms with Gasteiger partial charge in [0.15, 0.2) is 0 Å². The maximum Gasteiger partial charge on any atom is 0.328 e. The van der Waals surface area contributed by atoms with Crippen molar-refractivity contribution in [2.75, 3.05) is 33.4 Å². The summed E-state index contributed by atoms with van der Waals surface area (Å²) in [6.45, 7) is 3.21. The average Bonchev–Trinajstić information content (AvgIpc) is 2.67. The van der Waals surface area contributed by atoms with Crippen LogP contribution in [0.4, 0.5) is 0 Å². The summed E-state index contributed by atoms with van der Waals surface area (Å²) in [6.07, 6.45) is 2.06. The molecule has 0 aliphatic carbocycles. The molecule has 0 radical (unpaired) electrons. The van der Waals surface area contributed by atoms with E-state index in [-0.39, 0.29) is 36.7 Å². The van der Waals surface area contributed by atoms with Gasteiger partial charge in [-0.25, -0.2) is 4.79 Å². The Kier molecular flexibility index (Phi) is 7.79. The first-order chi connectivity index (χ1) is 13.0. The maximum absolute atomic E-state index is 12.4. The van der Waals surface area contributed by atoms with Crippen LogP contribution in [0.1, 0.15) is 19.3 Å². The van der Waals surface area contributed by atoms with Gasteiger partial charge in [0.25, 0.3) is 5.56 Å². The molecule has 3 rings (SSSR count). The summed E-state index contributed by atoms with van der Waals surface area (Å²) in [5.74, 6) is -0.119. The zero-order valence-corrected chi connectivity index (χ0v) is 16.8. The highest BCUT2D eigenvalue weighted by molar-refractivity contribution is 5.85. The molecule has 1 aliphatic heterocycles. The van der Waals surface area contributed by atoms with Gasteiger partial charge in [-0.15, -0.1) is 12.4 Å². The van der Waals surface area contributed by atoms with Crippen LogP contribution in [-0.4, -0.2) is 48.8 Å². The molecule has 1 saturated heterocycles. The second-order valence-electron chi connectivity index (χ2n) is 7.14. The van der Waals surface area contributed by atoms with E-state index in [1.165, 1.54) is 4.57 Å². The number of hydrogen-bond acceptors (Lipinski definition) is 5. The molecule has 1 aliphatic rings. The van der Waals surface area contributed by atoms with Crippen molar-refractivity contribution in [2.24, 2.45) is 5.41 Å². The van der Waals surface area contributed by atoms with Crippen molar-refractivity contribution in [1.29, 1.82) is 0 Å². The fourth-order valence-electron chi connectivity index (χ4n) is 3.69. The number of nitrogens with one attached hydrogen (secondary N) is 3. The van der Waals surface area contributed by atoms with E-state index in [4.69, 9.17) is 4.74 Å². The summed E-state index contributed by atoms with van der Waals surface area (Å²) in [7, 11) is 1.68. The monoisotopic (exact) mass is 410 g/mol. The Labute approximate surface area is 169 Å². The molecule has 2 aromatic rings. The number of halogens is 1. The lowest BCUT2D eigenvalue weighted by Gasteiger charge is -2.37. The highest BCUT2D eigenvalue weighted by Gasteiger charge is 2.32. The maximum atomic E-state index is 12.4. The minimum absolute atomic E-state index is 0. The van der Waals surface area contributed by atoms with Gasteiger partial charge in [-0.3, -0.25) is 19.1 Å². The lowest BCUT2D eigenvalue weighted by Crippen LogP contribution is -2.47. The van der Waals surface area contributed by atoms with Gasteiger partial charge in [0, 0.05) is 32.0 Å². The lowest BCUT2D eigenvalue weighted by molar-refractivity contribution is -0.122. The molecule has 154 valence electrons. The zero-order valence-electron chi connectivity index (χ0n) is 16.0. The van der Waals surface area contributed by atoms with Crippen LogP contribution in [0.25, 0.3) is 10.9 Å². The first-order valence-corrected chi connectivity index (χ1v) is 9.23. The van der Waals surface area contributed by atoms with Crippen molar-refractivity contribution in [3.8, 4) is 0 Å². The molecule has 0 saturated carbocycles. The van der Waals surface area contributed by atoms with Crippen LogP contribution in [0.3, 0.4) is 0 Å². The molecule has 0 unspecified atom stereocenters. The van der Waals surface area contributed by atoms with Crippen molar-refractivity contribution in [1.82, 2.24) is 20.2 Å². The minimum Gasteiger partial charge on any atom is -0.384 e. The minimum atomic E-state index is -0.499. The molecule has 0 atom stereocenters. The average molecular weight is 411 g/mol. The number of benzene rings is 1. The molecule has 28 heavy (non-hydrogen) atoms. The quantitative estimate of drug-likeness (QED) is 0.621. The number of nitrogens with zero attached hydrogens (tertiary/aromatic N) is 1. The second kappa shape index (κ2) is 9.86. The number of piperidine rings is 1. The number of carbonyl (C=O) groups is 1. The normalized spacial score (nSPS) is 15.8. The fraction of sp³-hybridized carbons (Fsp3) is 0.526. The molecule has 0 bridgehead atoms. The predicted octanol–water partition coefficient (Wildman–Crippen LogP) is 0.634. The van der Waals surface area contributed by atoms with Gasteiger partial charge in [0.2, 0.25) is 5.91 Å². The Hall–Kier alpha value is -2.16. The number of fused-ring (bicyclic) bond motifs is 1. The highest BCUT2D eigenvalue weighted by Crippen LogP contribution is 2.28. The number of rotatable bonds is 7. The van der Waals surface area contributed by atoms with Crippen LogP contribution in [-0.2, 0) is 16.1 Å². The third kappa shape index (κ3) is 5.01. The molecule has 1 fully saturated rings. The van der Waals surface area contributed by atoms with Crippen molar-refractivity contribution in [3.63, 3.8) is 0 Å². The SMILES string of the molecule is COCC1(CNC(=O)CCn2c(=O)[nH]c(=O)c3ccccc32)CCNCC1.Cl. The van der Waals surface area contributed by atoms with E-state index in [0.29, 0.717) is 24.1 Å². The molecule has 2 heterocycles. The van der Waals surface area contributed by atoms with Gasteiger partial charge in [-0.2, -0.15) is 0 Å². The summed E-state index contributed by atoms with van der Waals surface area (Å²) in [6, 6.07) is 6.89. The third-order valence-electron chi connectivity index (χ3n) is 5.24. The number of para-hydroxylation sites is 1. The second-order valence-corrected chi connectivity index (χ2v) is 7.14. The van der Waals surface area contributed by atoms with E-state index < -0.39 is 11.2 Å². The predicted molar refractivity (Wildman–Crippen MR) is 110 cm³/mol. The standard InChI is InChI=1S/C19H26N4O4.ClH/c1-27-13-19(7-9-20-10-8-19)12-21-16(24)6-11-23-15-5-3-2-4-14(15)17(25)22-18(23)26;/h2-5,20H,6-13H2,1H3,(H,21,24)(H,22,25,26);1H. The number of aromatic amines is 1. The van der Waals surface area contributed by atoms with Crippen LogP contribution in [0.5, 0.6) is 0 Å². The number of methoxy groups -OCH3 is 1. The van der Waals surface area contributed by atoms with Crippen molar-refractivity contribution in [2.45, 2.75) is 25.8 Å². The Morgan fingerprint density at radius 1 is 1.25 bits per heavy atom. The number of amides is 1. The van der Waals surface area contributed by atoms with Gasteiger partial charge in [0.05, 0.1) is 17.5 Å². The molecular formula is C19H27ClN4O4. The van der Waals surface area contributed by atoms with E-state index in [9.17, 15) is 14.4 Å². The van der Waals surface area contributed by atoms with Crippen molar-refractivity contribution < 1.29 is 9.53 Å². The first-order valence-electron chi connectivity index (χ1n) is 9.23. The Morgan fingerprint density at radius 3 is 2.68 bits per heavy atom. The topological polar surface area (TPSA) is 105 Å². The summed E-state index contributed by atoms with van der Waals surface area (Å²) in [5.41, 5.74) is -0.422. The summed E-state index contributed by atoms with van der Waals surface area (Å²) < 4.78 is 6.80. The smallest absolute Gasteiger partial charge is 0.328 e.